The summed E-state index contributed by atoms with van der Waals surface area (Å²) >= 11 is 0. The van der Waals surface area contributed by atoms with Crippen LogP contribution in [-0.4, -0.2) is 18.3 Å². The molecule has 0 amide bonds. The summed E-state index contributed by atoms with van der Waals surface area (Å²) < 4.78 is 12.6. The zero-order chi connectivity index (χ0) is 14.2. The molecule has 1 heterocycles. The van der Waals surface area contributed by atoms with Gasteiger partial charge in [0.05, 0.1) is 11.2 Å². The van der Waals surface area contributed by atoms with Gasteiger partial charge in [-0.1, -0.05) is 0 Å². The van der Waals surface area contributed by atoms with Crippen molar-refractivity contribution >= 4 is 7.12 Å². The summed E-state index contributed by atoms with van der Waals surface area (Å²) in [6.45, 7) is 8.69. The first-order chi connectivity index (χ1) is 9.27. The maximum Gasteiger partial charge on any atom is 0.458 e. The Morgan fingerprint density at radius 2 is 1.20 bits per heavy atom. The molecule has 5 rings (SSSR count). The number of rotatable bonds is 2. The first-order valence-electron chi connectivity index (χ1n) is 8.63. The highest BCUT2D eigenvalue weighted by molar-refractivity contribution is 6.45. The van der Waals surface area contributed by atoms with E-state index in [2.05, 4.69) is 27.7 Å². The third kappa shape index (κ3) is 2.00. The van der Waals surface area contributed by atoms with Crippen LogP contribution in [-0.2, 0) is 9.31 Å². The average molecular weight is 276 g/mol. The van der Waals surface area contributed by atoms with E-state index in [4.69, 9.17) is 9.31 Å². The molecule has 5 aliphatic rings. The molecule has 2 nitrogen and oxygen atoms in total. The topological polar surface area (TPSA) is 18.5 Å². The van der Waals surface area contributed by atoms with Crippen LogP contribution in [0.3, 0.4) is 0 Å². The van der Waals surface area contributed by atoms with E-state index in [1.54, 1.807) is 0 Å². The molecule has 112 valence electrons. The van der Waals surface area contributed by atoms with Crippen LogP contribution in [0.25, 0.3) is 0 Å². The van der Waals surface area contributed by atoms with Crippen LogP contribution in [0.2, 0.25) is 6.32 Å². The molecule has 0 radical (unpaired) electrons. The summed E-state index contributed by atoms with van der Waals surface area (Å²) in [5, 5.41) is 0. The molecule has 0 aromatic carbocycles. The van der Waals surface area contributed by atoms with Gasteiger partial charge >= 0.3 is 7.12 Å². The Bertz CT molecular complexity index is 364. The molecule has 0 atom stereocenters. The molecule has 3 heteroatoms. The third-order valence-electron chi connectivity index (χ3n) is 7.07. The Kier molecular flexibility index (Phi) is 2.75. The van der Waals surface area contributed by atoms with Gasteiger partial charge in [-0.3, -0.25) is 0 Å². The highest BCUT2D eigenvalue weighted by Gasteiger charge is 2.57. The molecule has 0 spiro atoms. The van der Waals surface area contributed by atoms with Gasteiger partial charge in [-0.25, -0.2) is 0 Å². The summed E-state index contributed by atoms with van der Waals surface area (Å²) in [6, 6.07) is 0. The van der Waals surface area contributed by atoms with Crippen LogP contribution in [0.4, 0.5) is 0 Å². The largest absolute Gasteiger partial charge is 0.458 e. The van der Waals surface area contributed by atoms with Crippen LogP contribution in [0, 0.1) is 23.2 Å². The van der Waals surface area contributed by atoms with Crippen LogP contribution >= 0.6 is 0 Å². The van der Waals surface area contributed by atoms with Gasteiger partial charge in [0.25, 0.3) is 0 Å². The minimum absolute atomic E-state index is 0.0243. The van der Waals surface area contributed by atoms with E-state index in [-0.39, 0.29) is 18.3 Å². The third-order valence-corrected chi connectivity index (χ3v) is 7.07. The smallest absolute Gasteiger partial charge is 0.403 e. The normalized spacial score (nSPS) is 48.0. The van der Waals surface area contributed by atoms with Crippen molar-refractivity contribution in [1.29, 1.82) is 0 Å². The predicted octanol–water partition coefficient (Wildman–Crippen LogP) is 4.30. The Morgan fingerprint density at radius 1 is 0.800 bits per heavy atom. The van der Waals surface area contributed by atoms with Crippen molar-refractivity contribution in [3.63, 3.8) is 0 Å². The molecule has 4 saturated carbocycles. The minimum atomic E-state index is -0.167. The van der Waals surface area contributed by atoms with Crippen LogP contribution in [0.1, 0.15) is 66.2 Å². The molecule has 4 aliphatic carbocycles. The first-order valence-corrected chi connectivity index (χ1v) is 8.63. The van der Waals surface area contributed by atoms with E-state index in [9.17, 15) is 0 Å². The van der Waals surface area contributed by atoms with Gasteiger partial charge < -0.3 is 9.31 Å². The minimum Gasteiger partial charge on any atom is -0.403 e. The zero-order valence-electron chi connectivity index (χ0n) is 13.6. The van der Waals surface area contributed by atoms with Crippen molar-refractivity contribution in [3.05, 3.63) is 0 Å². The summed E-state index contributed by atoms with van der Waals surface area (Å²) in [5.41, 5.74) is 0.218. The average Bonchev–Trinajstić information content (AvgIpc) is 2.42. The highest BCUT2D eigenvalue weighted by Crippen LogP contribution is 2.62. The summed E-state index contributed by atoms with van der Waals surface area (Å²) in [6.07, 6.45) is 10.0. The van der Waals surface area contributed by atoms with Gasteiger partial charge in [0.15, 0.2) is 0 Å². The first kappa shape index (κ1) is 13.6. The monoisotopic (exact) mass is 276 g/mol. The van der Waals surface area contributed by atoms with Crippen LogP contribution in [0.15, 0.2) is 0 Å². The standard InChI is InChI=1S/C17H29BO2/c1-15(2)16(3,4)20-18(19-15)11-17-8-12-5-13(9-17)7-14(6-12)10-17/h12-14H,5-11H2,1-4H3. The molecule has 0 unspecified atom stereocenters. The Balaban J connectivity index is 1.50. The van der Waals surface area contributed by atoms with E-state index in [1.807, 2.05) is 0 Å². The van der Waals surface area contributed by atoms with Crippen molar-refractivity contribution in [2.24, 2.45) is 23.2 Å². The molecule has 5 fully saturated rings. The molecular formula is C17H29BO2. The van der Waals surface area contributed by atoms with Gasteiger partial charge in [0.1, 0.15) is 0 Å². The van der Waals surface area contributed by atoms with Crippen molar-refractivity contribution in [2.75, 3.05) is 0 Å². The Labute approximate surface area is 124 Å². The lowest BCUT2D eigenvalue weighted by Gasteiger charge is -2.57. The van der Waals surface area contributed by atoms with E-state index in [0.717, 1.165) is 24.1 Å². The lowest BCUT2D eigenvalue weighted by Crippen LogP contribution is -2.47. The molecular weight excluding hydrogens is 247 g/mol. The zero-order valence-corrected chi connectivity index (χ0v) is 13.6. The second kappa shape index (κ2) is 4.04. The van der Waals surface area contributed by atoms with Crippen LogP contribution in [0.5, 0.6) is 0 Å². The predicted molar refractivity (Wildman–Crippen MR) is 81.5 cm³/mol. The fourth-order valence-electron chi connectivity index (χ4n) is 5.94. The molecule has 4 bridgehead atoms. The fourth-order valence-corrected chi connectivity index (χ4v) is 5.94. The van der Waals surface area contributed by atoms with E-state index >= 15 is 0 Å². The maximum atomic E-state index is 6.28. The molecule has 0 N–H and O–H groups in total. The summed E-state index contributed by atoms with van der Waals surface area (Å²) in [4.78, 5) is 0. The number of hydrogen-bond donors (Lipinski definition) is 0. The van der Waals surface area contributed by atoms with Crippen molar-refractivity contribution in [3.8, 4) is 0 Å². The second-order valence-corrected chi connectivity index (χ2v) is 9.31. The highest BCUT2D eigenvalue weighted by atomic mass is 16.7. The van der Waals surface area contributed by atoms with E-state index in [1.165, 1.54) is 38.5 Å². The van der Waals surface area contributed by atoms with Crippen molar-refractivity contribution in [1.82, 2.24) is 0 Å². The summed E-state index contributed by atoms with van der Waals surface area (Å²) in [7, 11) is 0.0243. The lowest BCUT2D eigenvalue weighted by atomic mass is 9.45. The maximum absolute atomic E-state index is 6.28. The Hall–Kier alpha value is -0.0151. The Morgan fingerprint density at radius 3 is 1.60 bits per heavy atom. The molecule has 0 aromatic heterocycles. The van der Waals surface area contributed by atoms with Gasteiger partial charge in [-0.15, -0.1) is 0 Å². The van der Waals surface area contributed by atoms with Gasteiger partial charge in [-0.05, 0) is 95.7 Å². The van der Waals surface area contributed by atoms with Crippen molar-refractivity contribution < 1.29 is 9.31 Å². The van der Waals surface area contributed by atoms with Gasteiger partial charge in [-0.2, -0.15) is 0 Å². The summed E-state index contributed by atoms with van der Waals surface area (Å²) in [5.74, 6) is 3.05. The number of hydrogen-bond acceptors (Lipinski definition) is 2. The molecule has 1 aliphatic heterocycles. The van der Waals surface area contributed by atoms with Crippen LogP contribution < -0.4 is 0 Å². The lowest BCUT2D eigenvalue weighted by molar-refractivity contribution is -0.0444. The quantitative estimate of drug-likeness (QED) is 0.700. The fraction of sp³-hybridized carbons (Fsp3) is 1.00. The molecule has 1 saturated heterocycles. The molecule has 0 aromatic rings. The van der Waals surface area contributed by atoms with Gasteiger partial charge in [0, 0.05) is 0 Å². The van der Waals surface area contributed by atoms with Gasteiger partial charge in [0.2, 0.25) is 0 Å². The molecule has 20 heavy (non-hydrogen) atoms. The SMILES string of the molecule is CC1(C)OB(CC23CC4CC(CC(C4)C2)C3)OC1(C)C. The second-order valence-electron chi connectivity index (χ2n) is 9.31. The van der Waals surface area contributed by atoms with Crippen molar-refractivity contribution in [2.45, 2.75) is 83.7 Å². The van der Waals surface area contributed by atoms with E-state index < -0.39 is 0 Å². The van der Waals surface area contributed by atoms with E-state index in [0.29, 0.717) is 5.41 Å².